The Hall–Kier alpha value is -3.35. The smallest absolute Gasteiger partial charge is 0.408 e. The summed E-state index contributed by atoms with van der Waals surface area (Å²) in [6, 6.07) is 13.8. The van der Waals surface area contributed by atoms with Crippen molar-refractivity contribution in [2.75, 3.05) is 13.1 Å². The zero-order valence-corrected chi connectivity index (χ0v) is 26.9. The molecule has 0 saturated heterocycles. The number of alkyl carbamates (subject to hydrolysis) is 1. The van der Waals surface area contributed by atoms with Gasteiger partial charge in [0.25, 0.3) is 0 Å². The fourth-order valence-electron chi connectivity index (χ4n) is 4.84. The van der Waals surface area contributed by atoms with Crippen LogP contribution in [0.3, 0.4) is 0 Å². The average Bonchev–Trinajstić information content (AvgIpc) is 2.93. The number of carbonyl (C=O) groups is 3. The van der Waals surface area contributed by atoms with Gasteiger partial charge in [0, 0.05) is 19.5 Å². The molecular weight excluding hydrogens is 526 g/mol. The molecule has 232 valence electrons. The molecule has 0 heterocycles. The first-order valence-electron chi connectivity index (χ1n) is 15.7. The molecule has 3 amide bonds. The summed E-state index contributed by atoms with van der Waals surface area (Å²) in [4.78, 5) is 43.1. The van der Waals surface area contributed by atoms with E-state index in [2.05, 4.69) is 24.5 Å². The molecule has 0 fully saturated rings. The third kappa shape index (κ3) is 11.9. The minimum atomic E-state index is -0.907. The molecule has 42 heavy (non-hydrogen) atoms. The number of rotatable bonds is 16. The first-order valence-corrected chi connectivity index (χ1v) is 15.7. The number of unbranched alkanes of at least 4 members (excludes halogenated alkanes) is 5. The molecule has 2 aromatic rings. The van der Waals surface area contributed by atoms with Crippen LogP contribution in [0.15, 0.2) is 48.5 Å². The summed E-state index contributed by atoms with van der Waals surface area (Å²) in [6.07, 6.45) is 6.46. The van der Waals surface area contributed by atoms with Crippen LogP contribution in [0, 0.1) is 13.8 Å². The van der Waals surface area contributed by atoms with Crippen molar-refractivity contribution >= 4 is 17.9 Å². The molecule has 0 aromatic heterocycles. The summed E-state index contributed by atoms with van der Waals surface area (Å²) in [5.74, 6) is -0.501. The van der Waals surface area contributed by atoms with Crippen LogP contribution in [0.4, 0.5) is 4.79 Å². The Kier molecular flexibility index (Phi) is 14.6. The zero-order chi connectivity index (χ0) is 31.1. The van der Waals surface area contributed by atoms with Crippen molar-refractivity contribution in [3.05, 3.63) is 70.8 Å². The number of ether oxygens (including phenoxy) is 1. The van der Waals surface area contributed by atoms with Crippen molar-refractivity contribution in [1.29, 1.82) is 0 Å². The monoisotopic (exact) mass is 579 g/mol. The molecule has 0 saturated carbocycles. The minimum Gasteiger partial charge on any atom is -0.444 e. The fourth-order valence-corrected chi connectivity index (χ4v) is 4.84. The highest BCUT2D eigenvalue weighted by atomic mass is 16.6. The lowest BCUT2D eigenvalue weighted by atomic mass is 9.97. The number of amides is 3. The van der Waals surface area contributed by atoms with Gasteiger partial charge in [-0.1, -0.05) is 94.5 Å². The van der Waals surface area contributed by atoms with Crippen LogP contribution >= 0.6 is 0 Å². The molecule has 7 heteroatoms. The summed E-state index contributed by atoms with van der Waals surface area (Å²) >= 11 is 0. The van der Waals surface area contributed by atoms with Gasteiger partial charge >= 0.3 is 6.09 Å². The lowest BCUT2D eigenvalue weighted by Crippen LogP contribution is -2.54. The van der Waals surface area contributed by atoms with Crippen LogP contribution in [0.25, 0.3) is 0 Å². The highest BCUT2D eigenvalue weighted by Gasteiger charge is 2.36. The third-order valence-electron chi connectivity index (χ3n) is 7.29. The largest absolute Gasteiger partial charge is 0.444 e. The van der Waals surface area contributed by atoms with E-state index in [-0.39, 0.29) is 18.2 Å². The van der Waals surface area contributed by atoms with E-state index in [4.69, 9.17) is 4.74 Å². The van der Waals surface area contributed by atoms with Crippen LogP contribution in [0.5, 0.6) is 0 Å². The van der Waals surface area contributed by atoms with Gasteiger partial charge in [-0.25, -0.2) is 4.79 Å². The second-order valence-corrected chi connectivity index (χ2v) is 12.2. The summed E-state index contributed by atoms with van der Waals surface area (Å²) in [7, 11) is 0. The molecule has 0 spiro atoms. The van der Waals surface area contributed by atoms with E-state index in [0.717, 1.165) is 67.2 Å². The summed E-state index contributed by atoms with van der Waals surface area (Å²) in [5.41, 5.74) is 3.14. The predicted octanol–water partition coefficient (Wildman–Crippen LogP) is 7.20. The summed E-state index contributed by atoms with van der Waals surface area (Å²) in [5, 5.41) is 5.92. The number of carbonyl (C=O) groups excluding carboxylic acids is 3. The van der Waals surface area contributed by atoms with Crippen LogP contribution in [-0.2, 0) is 20.7 Å². The number of benzene rings is 2. The molecule has 2 unspecified atom stereocenters. The molecule has 2 atom stereocenters. The van der Waals surface area contributed by atoms with E-state index in [9.17, 15) is 14.4 Å². The highest BCUT2D eigenvalue weighted by molar-refractivity contribution is 5.92. The Balaban J connectivity index is 2.54. The van der Waals surface area contributed by atoms with E-state index in [1.54, 1.807) is 25.7 Å². The number of hydrogen-bond acceptors (Lipinski definition) is 4. The van der Waals surface area contributed by atoms with E-state index in [1.807, 2.05) is 62.4 Å². The Morgan fingerprint density at radius 3 is 2.14 bits per heavy atom. The van der Waals surface area contributed by atoms with Gasteiger partial charge in [0.15, 0.2) is 0 Å². The van der Waals surface area contributed by atoms with E-state index in [1.165, 1.54) is 0 Å². The predicted molar refractivity (Wildman–Crippen MR) is 170 cm³/mol. The molecule has 2 rings (SSSR count). The van der Waals surface area contributed by atoms with Gasteiger partial charge in [0.05, 0.1) is 0 Å². The number of nitrogens with one attached hydrogen (secondary N) is 2. The van der Waals surface area contributed by atoms with E-state index >= 15 is 0 Å². The summed E-state index contributed by atoms with van der Waals surface area (Å²) in [6.45, 7) is 14.6. The molecule has 0 aliphatic rings. The quantitative estimate of drug-likeness (QED) is 0.206. The molecule has 2 aromatic carbocycles. The van der Waals surface area contributed by atoms with Crippen molar-refractivity contribution in [3.63, 3.8) is 0 Å². The fraction of sp³-hybridized carbons (Fsp3) is 0.571. The van der Waals surface area contributed by atoms with Crippen molar-refractivity contribution in [2.24, 2.45) is 0 Å². The lowest BCUT2D eigenvalue weighted by Gasteiger charge is -2.35. The molecule has 7 nitrogen and oxygen atoms in total. The highest BCUT2D eigenvalue weighted by Crippen LogP contribution is 2.26. The normalized spacial score (nSPS) is 12.7. The van der Waals surface area contributed by atoms with Gasteiger partial charge in [0.1, 0.15) is 17.7 Å². The minimum absolute atomic E-state index is 0.204. The Morgan fingerprint density at radius 1 is 0.857 bits per heavy atom. The van der Waals surface area contributed by atoms with Crippen molar-refractivity contribution in [1.82, 2.24) is 15.5 Å². The second kappa shape index (κ2) is 17.6. The number of hydrogen-bond donors (Lipinski definition) is 2. The van der Waals surface area contributed by atoms with Crippen LogP contribution in [-0.4, -0.2) is 47.5 Å². The number of nitrogens with zero attached hydrogens (tertiary/aromatic N) is 1. The van der Waals surface area contributed by atoms with Crippen LogP contribution in [0.1, 0.15) is 108 Å². The SMILES string of the molecule is CCCCCCCN(C(=O)C(Cc1ccccc1)NC(=O)OC(C)(C)C)C(C(=O)NCCCC)c1ccc(C)c(C)c1. The van der Waals surface area contributed by atoms with Gasteiger partial charge in [-0.15, -0.1) is 0 Å². The van der Waals surface area contributed by atoms with Crippen molar-refractivity contribution in [2.45, 2.75) is 118 Å². The molecule has 0 bridgehead atoms. The topological polar surface area (TPSA) is 87.7 Å². The maximum Gasteiger partial charge on any atom is 0.408 e. The van der Waals surface area contributed by atoms with Crippen molar-refractivity contribution in [3.8, 4) is 0 Å². The average molecular weight is 580 g/mol. The zero-order valence-electron chi connectivity index (χ0n) is 26.9. The standard InChI is InChI=1S/C35H53N3O4/c1-8-10-12-13-17-23-38(31(32(39)36-22-11-9-2)29-21-20-26(3)27(4)24-29)33(40)30(25-28-18-15-14-16-19-28)37-34(41)42-35(5,6)7/h14-16,18-21,24,30-31H,8-13,17,22-23,25H2,1-7H3,(H,36,39)(H,37,41). The molecule has 0 aliphatic carbocycles. The van der Waals surface area contributed by atoms with E-state index in [0.29, 0.717) is 13.1 Å². The second-order valence-electron chi connectivity index (χ2n) is 12.2. The Bertz CT molecular complexity index is 1130. The molecule has 0 radical (unpaired) electrons. The molecule has 0 aliphatic heterocycles. The maximum absolute atomic E-state index is 14.5. The van der Waals surface area contributed by atoms with Gasteiger partial charge < -0.3 is 20.3 Å². The van der Waals surface area contributed by atoms with Crippen molar-refractivity contribution < 1.29 is 19.1 Å². The lowest BCUT2D eigenvalue weighted by molar-refractivity contribution is -0.142. The first kappa shape index (κ1) is 34.8. The van der Waals surface area contributed by atoms with Gasteiger partial charge in [-0.05, 0) is 69.7 Å². The molecular formula is C35H53N3O4. The van der Waals surface area contributed by atoms with Gasteiger partial charge in [-0.3, -0.25) is 9.59 Å². The molecule has 2 N–H and O–H groups in total. The summed E-state index contributed by atoms with van der Waals surface area (Å²) < 4.78 is 5.55. The Morgan fingerprint density at radius 2 is 1.52 bits per heavy atom. The van der Waals surface area contributed by atoms with Crippen LogP contribution < -0.4 is 10.6 Å². The third-order valence-corrected chi connectivity index (χ3v) is 7.29. The first-order chi connectivity index (χ1) is 20.0. The number of aryl methyl sites for hydroxylation is 2. The maximum atomic E-state index is 14.5. The Labute approximate surface area is 253 Å². The van der Waals surface area contributed by atoms with E-state index < -0.39 is 23.8 Å². The van der Waals surface area contributed by atoms with Gasteiger partial charge in [-0.2, -0.15) is 0 Å². The van der Waals surface area contributed by atoms with Gasteiger partial charge in [0.2, 0.25) is 11.8 Å². The van der Waals surface area contributed by atoms with Crippen LogP contribution in [0.2, 0.25) is 0 Å².